The maximum absolute atomic E-state index is 2.48. The maximum Gasteiger partial charge on any atom is 0.0620 e. The van der Waals surface area contributed by atoms with Crippen LogP contribution in [0.1, 0.15) is 0 Å². The van der Waals surface area contributed by atoms with Gasteiger partial charge in [0, 0.05) is 38.0 Å². The first-order valence-electron chi connectivity index (χ1n) is 17.3. The van der Waals surface area contributed by atoms with Crippen molar-refractivity contribution in [3.63, 3.8) is 0 Å². The summed E-state index contributed by atoms with van der Waals surface area (Å²) in [5, 5.41) is 7.69. The maximum atomic E-state index is 2.48. The minimum Gasteiger partial charge on any atom is -0.309 e. The van der Waals surface area contributed by atoms with Crippen LogP contribution < -0.4 is 0 Å². The third kappa shape index (κ3) is 3.90. The second-order valence-corrected chi connectivity index (χ2v) is 13.4. The van der Waals surface area contributed by atoms with E-state index in [2.05, 4.69) is 191 Å². The van der Waals surface area contributed by atoms with E-state index in [1.165, 1.54) is 99.0 Å². The molecule has 0 fully saturated rings. The number of nitrogens with zero attached hydrogens (tertiary/aromatic N) is 2. The fourth-order valence-electron chi connectivity index (χ4n) is 8.36. The van der Waals surface area contributed by atoms with Crippen molar-refractivity contribution in [1.82, 2.24) is 8.97 Å². The Morgan fingerprint density at radius 1 is 0.260 bits per heavy atom. The Morgan fingerprint density at radius 3 is 1.52 bits per heavy atom. The first kappa shape index (κ1) is 27.3. The van der Waals surface area contributed by atoms with E-state index in [9.17, 15) is 0 Å². The summed E-state index contributed by atoms with van der Waals surface area (Å²) in [4.78, 5) is 0. The van der Waals surface area contributed by atoms with Gasteiger partial charge in [-0.25, -0.2) is 0 Å². The van der Waals surface area contributed by atoms with E-state index < -0.39 is 0 Å². The van der Waals surface area contributed by atoms with Crippen LogP contribution in [0, 0.1) is 0 Å². The first-order chi connectivity index (χ1) is 24.8. The van der Waals surface area contributed by atoms with Crippen LogP contribution in [0.3, 0.4) is 0 Å². The Labute approximate surface area is 289 Å². The molecule has 232 valence electrons. The van der Waals surface area contributed by atoms with Gasteiger partial charge in [0.05, 0.1) is 27.6 Å². The Kier molecular flexibility index (Phi) is 5.70. The molecule has 2 nitrogen and oxygen atoms in total. The normalized spacial score (nSPS) is 12.0. The summed E-state index contributed by atoms with van der Waals surface area (Å²) >= 11 is 0. The number of fused-ring (bicyclic) bond motifs is 9. The number of aromatic nitrogens is 2. The molecule has 0 aliphatic heterocycles. The van der Waals surface area contributed by atoms with Gasteiger partial charge in [0.1, 0.15) is 0 Å². The molecule has 0 N–H and O–H groups in total. The lowest BCUT2D eigenvalue weighted by molar-refractivity contribution is 1.18. The quantitative estimate of drug-likeness (QED) is 0.182. The van der Waals surface area contributed by atoms with Gasteiger partial charge in [0.2, 0.25) is 0 Å². The highest BCUT2D eigenvalue weighted by Gasteiger charge is 2.20. The van der Waals surface area contributed by atoms with Crippen molar-refractivity contribution in [3.8, 4) is 39.1 Å². The summed E-state index contributed by atoms with van der Waals surface area (Å²) in [7, 11) is 0. The zero-order valence-electron chi connectivity index (χ0n) is 27.2. The molecule has 0 unspecified atom stereocenters. The highest BCUT2D eigenvalue weighted by molar-refractivity contribution is 6.25. The smallest absolute Gasteiger partial charge is 0.0620 e. The van der Waals surface area contributed by atoms with E-state index >= 15 is 0 Å². The molecular formula is C48H30N2. The molecule has 0 aliphatic rings. The predicted octanol–water partition coefficient (Wildman–Crippen LogP) is 12.9. The number of hydrogen-bond donors (Lipinski definition) is 0. The zero-order valence-corrected chi connectivity index (χ0v) is 27.2. The van der Waals surface area contributed by atoms with E-state index in [0.717, 1.165) is 0 Å². The van der Waals surface area contributed by atoms with E-state index in [0.29, 0.717) is 0 Å². The van der Waals surface area contributed by atoms with E-state index in [-0.39, 0.29) is 0 Å². The average molecular weight is 635 g/mol. The van der Waals surface area contributed by atoms with Crippen molar-refractivity contribution in [1.29, 1.82) is 0 Å². The molecule has 3 aromatic heterocycles. The van der Waals surface area contributed by atoms with Gasteiger partial charge >= 0.3 is 0 Å². The summed E-state index contributed by atoms with van der Waals surface area (Å²) in [6.07, 6.45) is 0. The number of benzene rings is 8. The van der Waals surface area contributed by atoms with Crippen molar-refractivity contribution in [2.24, 2.45) is 0 Å². The predicted molar refractivity (Wildman–Crippen MR) is 212 cm³/mol. The Morgan fingerprint density at radius 2 is 0.780 bits per heavy atom. The van der Waals surface area contributed by atoms with Crippen molar-refractivity contribution in [2.45, 2.75) is 0 Å². The molecule has 0 saturated heterocycles. The average Bonchev–Trinajstić information content (AvgIpc) is 3.83. The molecule has 0 bridgehead atoms. The van der Waals surface area contributed by atoms with Crippen molar-refractivity contribution >= 4 is 59.9 Å². The van der Waals surface area contributed by atoms with Gasteiger partial charge in [-0.05, 0) is 88.0 Å². The van der Waals surface area contributed by atoms with Crippen LogP contribution in [-0.4, -0.2) is 8.97 Å². The summed E-state index contributed by atoms with van der Waals surface area (Å²) < 4.78 is 4.89. The molecule has 8 aromatic carbocycles. The zero-order chi connectivity index (χ0) is 32.8. The van der Waals surface area contributed by atoms with Crippen LogP contribution in [-0.2, 0) is 0 Å². The van der Waals surface area contributed by atoms with E-state index in [4.69, 9.17) is 0 Å². The van der Waals surface area contributed by atoms with Crippen LogP contribution in [0.25, 0.3) is 99.0 Å². The molecule has 0 spiro atoms. The fraction of sp³-hybridized carbons (Fsp3) is 0. The van der Waals surface area contributed by atoms with Crippen LogP contribution in [0.15, 0.2) is 182 Å². The van der Waals surface area contributed by atoms with E-state index in [1.54, 1.807) is 0 Å². The molecule has 0 radical (unpaired) electrons. The van der Waals surface area contributed by atoms with E-state index in [1.807, 2.05) is 0 Å². The van der Waals surface area contributed by atoms with Crippen LogP contribution in [0.5, 0.6) is 0 Å². The van der Waals surface area contributed by atoms with Gasteiger partial charge in [-0.1, -0.05) is 127 Å². The van der Waals surface area contributed by atoms with Gasteiger partial charge < -0.3 is 8.97 Å². The number of hydrogen-bond acceptors (Lipinski definition) is 0. The highest BCUT2D eigenvalue weighted by Crippen LogP contribution is 2.43. The molecule has 11 aromatic rings. The Bertz CT molecular complexity index is 3070. The van der Waals surface area contributed by atoms with Crippen LogP contribution in [0.2, 0.25) is 0 Å². The molecular weight excluding hydrogens is 605 g/mol. The third-order valence-corrected chi connectivity index (χ3v) is 10.6. The molecule has 0 atom stereocenters. The lowest BCUT2D eigenvalue weighted by atomic mass is 9.97. The van der Waals surface area contributed by atoms with Gasteiger partial charge in [-0.3, -0.25) is 0 Å². The van der Waals surface area contributed by atoms with Crippen molar-refractivity contribution in [3.05, 3.63) is 182 Å². The summed E-state index contributed by atoms with van der Waals surface area (Å²) in [6.45, 7) is 0. The lowest BCUT2D eigenvalue weighted by Crippen LogP contribution is -1.94. The molecule has 11 rings (SSSR count). The third-order valence-electron chi connectivity index (χ3n) is 10.6. The van der Waals surface area contributed by atoms with Crippen LogP contribution in [0.4, 0.5) is 0 Å². The fourth-order valence-corrected chi connectivity index (χ4v) is 8.36. The molecule has 3 heterocycles. The molecule has 50 heavy (non-hydrogen) atoms. The minimum atomic E-state index is 1.17. The molecule has 0 amide bonds. The highest BCUT2D eigenvalue weighted by atomic mass is 15.0. The number of para-hydroxylation sites is 2. The van der Waals surface area contributed by atoms with Crippen LogP contribution >= 0.6 is 0 Å². The standard InChI is InChI=1S/C48H30N2/c1-3-12-31(13-4-1)33-16-11-17-37(26-33)49-44-20-9-7-18-38(44)41-27-34(23-25-46(41)49)36-28-42-39-19-8-10-21-45(39)50-47-30-35(32-14-5-2-6-15-32)22-24-40(47)43(29-36)48(42)50/h1-30H. The largest absolute Gasteiger partial charge is 0.309 e. The summed E-state index contributed by atoms with van der Waals surface area (Å²) in [6, 6.07) is 66.7. The van der Waals surface area contributed by atoms with Gasteiger partial charge in [0.15, 0.2) is 0 Å². The van der Waals surface area contributed by atoms with Crippen molar-refractivity contribution in [2.75, 3.05) is 0 Å². The van der Waals surface area contributed by atoms with Gasteiger partial charge in [0.25, 0.3) is 0 Å². The second-order valence-electron chi connectivity index (χ2n) is 13.4. The lowest BCUT2D eigenvalue weighted by Gasteiger charge is -2.11. The van der Waals surface area contributed by atoms with Gasteiger partial charge in [-0.15, -0.1) is 0 Å². The number of rotatable bonds is 4. The first-order valence-corrected chi connectivity index (χ1v) is 17.3. The summed E-state index contributed by atoms with van der Waals surface area (Å²) in [5.41, 5.74) is 14.8. The second kappa shape index (κ2) is 10.4. The topological polar surface area (TPSA) is 9.34 Å². The van der Waals surface area contributed by atoms with Gasteiger partial charge in [-0.2, -0.15) is 0 Å². The Hall–Kier alpha value is -6.64. The minimum absolute atomic E-state index is 1.17. The monoisotopic (exact) mass is 634 g/mol. The SMILES string of the molecule is c1ccc(-c2cccc(-n3c4ccccc4c4cc(-c5cc6c7ccccc7n7c8cc(-c9ccccc9)ccc8c(c5)c67)ccc43)c2)cc1. The molecule has 0 aliphatic carbocycles. The molecule has 2 heteroatoms. The van der Waals surface area contributed by atoms with Crippen molar-refractivity contribution < 1.29 is 0 Å². The molecule has 0 saturated carbocycles. The summed E-state index contributed by atoms with van der Waals surface area (Å²) in [5.74, 6) is 0. The Balaban J connectivity index is 1.14.